The number of carbonyl (C=O) groups excluding carboxylic acids is 2. The molecule has 1 aromatic carbocycles. The summed E-state index contributed by atoms with van der Waals surface area (Å²) in [5.74, 6) is -1.13. The summed E-state index contributed by atoms with van der Waals surface area (Å²) in [5, 5.41) is 2.68. The van der Waals surface area contributed by atoms with Gasteiger partial charge in [0.15, 0.2) is 6.61 Å². The quantitative estimate of drug-likeness (QED) is 0.744. The summed E-state index contributed by atoms with van der Waals surface area (Å²) < 4.78 is 30.3. The maximum absolute atomic E-state index is 12.2. The second kappa shape index (κ2) is 8.25. The summed E-state index contributed by atoms with van der Waals surface area (Å²) in [4.78, 5) is 23.8. The average molecular weight is 356 g/mol. The molecule has 0 aliphatic carbocycles. The first-order chi connectivity index (χ1) is 11.1. The van der Waals surface area contributed by atoms with Gasteiger partial charge in [0.25, 0.3) is 5.91 Å². The first-order valence-electron chi connectivity index (χ1n) is 7.59. The van der Waals surface area contributed by atoms with Gasteiger partial charge < -0.3 is 10.1 Å². The van der Waals surface area contributed by atoms with Crippen molar-refractivity contribution in [2.75, 3.05) is 20.7 Å². The first kappa shape index (κ1) is 20.1. The molecule has 0 spiro atoms. The number of nitrogens with one attached hydrogen (secondary N) is 1. The third kappa shape index (κ3) is 5.04. The molecule has 0 unspecified atom stereocenters. The van der Waals surface area contributed by atoms with Crippen LogP contribution >= 0.6 is 0 Å². The molecule has 1 atom stereocenters. The van der Waals surface area contributed by atoms with Gasteiger partial charge in [0.05, 0.1) is 10.5 Å². The normalized spacial score (nSPS) is 12.8. The van der Waals surface area contributed by atoms with E-state index in [-0.39, 0.29) is 16.5 Å². The Hall–Kier alpha value is -1.93. The molecule has 0 heterocycles. The Labute approximate surface area is 143 Å². The van der Waals surface area contributed by atoms with E-state index in [0.717, 1.165) is 10.7 Å². The molecule has 0 saturated carbocycles. The van der Waals surface area contributed by atoms with E-state index < -0.39 is 28.5 Å². The maximum Gasteiger partial charge on any atom is 0.338 e. The van der Waals surface area contributed by atoms with Crippen LogP contribution in [0.3, 0.4) is 0 Å². The minimum absolute atomic E-state index is 0.00546. The Kier molecular flexibility index (Phi) is 6.92. The molecule has 24 heavy (non-hydrogen) atoms. The Morgan fingerprint density at radius 1 is 1.29 bits per heavy atom. The zero-order valence-corrected chi connectivity index (χ0v) is 15.4. The van der Waals surface area contributed by atoms with E-state index in [9.17, 15) is 18.0 Å². The fourth-order valence-electron chi connectivity index (χ4n) is 1.82. The van der Waals surface area contributed by atoms with Crippen LogP contribution in [-0.4, -0.2) is 51.3 Å². The van der Waals surface area contributed by atoms with Gasteiger partial charge in [-0.3, -0.25) is 4.79 Å². The van der Waals surface area contributed by atoms with Crippen LogP contribution < -0.4 is 5.32 Å². The molecule has 1 amide bonds. The Balaban J connectivity index is 2.90. The van der Waals surface area contributed by atoms with Crippen molar-refractivity contribution in [1.29, 1.82) is 0 Å². The van der Waals surface area contributed by atoms with Crippen LogP contribution in [0.5, 0.6) is 0 Å². The van der Waals surface area contributed by atoms with Crippen LogP contribution in [0.15, 0.2) is 23.1 Å². The van der Waals surface area contributed by atoms with Gasteiger partial charge in [0.2, 0.25) is 10.0 Å². The highest BCUT2D eigenvalue weighted by atomic mass is 32.2. The Morgan fingerprint density at radius 2 is 1.92 bits per heavy atom. The van der Waals surface area contributed by atoms with E-state index in [1.54, 1.807) is 6.92 Å². The predicted octanol–water partition coefficient (Wildman–Crippen LogP) is 1.32. The lowest BCUT2D eigenvalue weighted by Gasteiger charge is -2.14. The van der Waals surface area contributed by atoms with Crippen molar-refractivity contribution in [3.63, 3.8) is 0 Å². The van der Waals surface area contributed by atoms with E-state index in [1.807, 2.05) is 13.8 Å². The molecule has 1 N–H and O–H groups in total. The summed E-state index contributed by atoms with van der Waals surface area (Å²) in [6.07, 6.45) is 0.767. The second-order valence-corrected chi connectivity index (χ2v) is 7.87. The number of nitrogens with zero attached hydrogens (tertiary/aromatic N) is 1. The topological polar surface area (TPSA) is 92.8 Å². The minimum atomic E-state index is -3.65. The smallest absolute Gasteiger partial charge is 0.338 e. The zero-order chi connectivity index (χ0) is 18.5. The molecule has 0 fully saturated rings. The van der Waals surface area contributed by atoms with Crippen LogP contribution in [0, 0.1) is 6.92 Å². The molecule has 7 nitrogen and oxygen atoms in total. The number of hydrogen-bond acceptors (Lipinski definition) is 5. The maximum atomic E-state index is 12.2. The molecule has 8 heteroatoms. The highest BCUT2D eigenvalue weighted by Gasteiger charge is 2.21. The summed E-state index contributed by atoms with van der Waals surface area (Å²) in [6, 6.07) is 4.22. The zero-order valence-electron chi connectivity index (χ0n) is 14.6. The molecule has 0 aliphatic rings. The van der Waals surface area contributed by atoms with Gasteiger partial charge in [-0.1, -0.05) is 13.0 Å². The number of aryl methyl sites for hydroxylation is 1. The van der Waals surface area contributed by atoms with Gasteiger partial charge in [-0.15, -0.1) is 0 Å². The molecule has 1 aromatic rings. The third-order valence-corrected chi connectivity index (χ3v) is 5.37. The molecule has 1 rings (SSSR count). The lowest BCUT2D eigenvalue weighted by Crippen LogP contribution is -2.35. The monoisotopic (exact) mass is 356 g/mol. The molecule has 0 aromatic heterocycles. The fraction of sp³-hybridized carbons (Fsp3) is 0.500. The number of benzene rings is 1. The summed E-state index contributed by atoms with van der Waals surface area (Å²) >= 11 is 0. The molecule has 0 radical (unpaired) electrons. The van der Waals surface area contributed by atoms with Crippen molar-refractivity contribution in [2.45, 2.75) is 38.1 Å². The van der Waals surface area contributed by atoms with Crippen LogP contribution in [0.25, 0.3) is 0 Å². The standard InChI is InChI=1S/C16H24N2O5S/c1-6-12(3)17-15(19)10-23-16(20)14-9-13(8-7-11(14)2)24(21,22)18(4)5/h7-9,12H,6,10H2,1-5H3,(H,17,19)/t12-/m1/s1. The number of esters is 1. The van der Waals surface area contributed by atoms with E-state index >= 15 is 0 Å². The van der Waals surface area contributed by atoms with E-state index in [2.05, 4.69) is 5.32 Å². The second-order valence-electron chi connectivity index (χ2n) is 5.72. The Morgan fingerprint density at radius 3 is 2.46 bits per heavy atom. The average Bonchev–Trinajstić information content (AvgIpc) is 2.52. The van der Waals surface area contributed by atoms with Crippen molar-refractivity contribution in [3.8, 4) is 0 Å². The SMILES string of the molecule is CC[C@@H](C)NC(=O)COC(=O)c1cc(S(=O)(=O)N(C)C)ccc1C. The number of rotatable bonds is 7. The van der Waals surface area contributed by atoms with Crippen molar-refractivity contribution in [3.05, 3.63) is 29.3 Å². The number of sulfonamides is 1. The van der Waals surface area contributed by atoms with E-state index in [4.69, 9.17) is 4.74 Å². The van der Waals surface area contributed by atoms with Crippen molar-refractivity contribution in [1.82, 2.24) is 9.62 Å². The molecular formula is C16H24N2O5S. The number of carbonyl (C=O) groups is 2. The van der Waals surface area contributed by atoms with E-state index in [1.165, 1.54) is 32.3 Å². The van der Waals surface area contributed by atoms with Crippen LogP contribution in [-0.2, 0) is 19.6 Å². The summed E-state index contributed by atoms with van der Waals surface area (Å²) in [7, 11) is -0.836. The highest BCUT2D eigenvalue weighted by molar-refractivity contribution is 7.89. The van der Waals surface area contributed by atoms with Gasteiger partial charge in [0, 0.05) is 20.1 Å². The van der Waals surface area contributed by atoms with Crippen molar-refractivity contribution >= 4 is 21.9 Å². The molecule has 0 saturated heterocycles. The van der Waals surface area contributed by atoms with Gasteiger partial charge in [-0.05, 0) is 38.0 Å². The van der Waals surface area contributed by atoms with Crippen LogP contribution in [0.1, 0.15) is 36.2 Å². The first-order valence-corrected chi connectivity index (χ1v) is 9.03. The summed E-state index contributed by atoms with van der Waals surface area (Å²) in [6.45, 7) is 5.03. The number of hydrogen-bond donors (Lipinski definition) is 1. The minimum Gasteiger partial charge on any atom is -0.452 e. The highest BCUT2D eigenvalue weighted by Crippen LogP contribution is 2.18. The van der Waals surface area contributed by atoms with Crippen LogP contribution in [0.2, 0.25) is 0 Å². The third-order valence-electron chi connectivity index (χ3n) is 3.56. The van der Waals surface area contributed by atoms with Gasteiger partial charge >= 0.3 is 5.97 Å². The largest absolute Gasteiger partial charge is 0.452 e. The lowest BCUT2D eigenvalue weighted by molar-refractivity contribution is -0.124. The number of amides is 1. The lowest BCUT2D eigenvalue weighted by atomic mass is 10.1. The van der Waals surface area contributed by atoms with E-state index in [0.29, 0.717) is 5.56 Å². The van der Waals surface area contributed by atoms with Crippen molar-refractivity contribution < 1.29 is 22.7 Å². The summed E-state index contributed by atoms with van der Waals surface area (Å²) in [5.41, 5.74) is 0.689. The molecular weight excluding hydrogens is 332 g/mol. The van der Waals surface area contributed by atoms with Gasteiger partial charge in [-0.2, -0.15) is 0 Å². The number of ether oxygens (including phenoxy) is 1. The molecule has 0 aliphatic heterocycles. The van der Waals surface area contributed by atoms with Gasteiger partial charge in [-0.25, -0.2) is 17.5 Å². The Bertz CT molecular complexity index is 713. The fourth-order valence-corrected chi connectivity index (χ4v) is 2.75. The van der Waals surface area contributed by atoms with Crippen molar-refractivity contribution in [2.24, 2.45) is 0 Å². The molecule has 134 valence electrons. The van der Waals surface area contributed by atoms with Gasteiger partial charge in [0.1, 0.15) is 0 Å². The predicted molar refractivity (Wildman–Crippen MR) is 90.2 cm³/mol. The van der Waals surface area contributed by atoms with Crippen LogP contribution in [0.4, 0.5) is 0 Å². The molecule has 0 bridgehead atoms.